The predicted molar refractivity (Wildman–Crippen MR) is 64.4 cm³/mol. The summed E-state index contributed by atoms with van der Waals surface area (Å²) in [6.07, 6.45) is 0. The van der Waals surface area contributed by atoms with Crippen LogP contribution in [0.4, 0.5) is 0 Å². The smallest absolute Gasteiger partial charge is 0.299 e. The standard InChI is InChI=1S/C12H12O3S/c1-8-7-12(15-16(13)14)9(2)11-6-4-3-5-10(8)11/h3-7,16H,1-2H3. The highest BCUT2D eigenvalue weighted by atomic mass is 32.2. The lowest BCUT2D eigenvalue weighted by molar-refractivity contribution is 0.509. The second-order valence-corrected chi connectivity index (χ2v) is 4.31. The van der Waals surface area contributed by atoms with E-state index in [0.717, 1.165) is 21.9 Å². The molecule has 0 saturated carbocycles. The Bertz CT molecular complexity index is 607. The van der Waals surface area contributed by atoms with Crippen molar-refractivity contribution in [2.24, 2.45) is 0 Å². The third-order valence-corrected chi connectivity index (χ3v) is 2.99. The van der Waals surface area contributed by atoms with Gasteiger partial charge in [0.15, 0.2) is 0 Å². The van der Waals surface area contributed by atoms with Gasteiger partial charge in [-0.2, -0.15) is 8.42 Å². The fourth-order valence-electron chi connectivity index (χ4n) is 1.84. The zero-order chi connectivity index (χ0) is 11.7. The van der Waals surface area contributed by atoms with Crippen molar-refractivity contribution < 1.29 is 12.6 Å². The first kappa shape index (κ1) is 11.0. The molecule has 0 spiro atoms. The summed E-state index contributed by atoms with van der Waals surface area (Å²) in [6, 6.07) is 9.61. The Labute approximate surface area is 95.8 Å². The predicted octanol–water partition coefficient (Wildman–Crippen LogP) is 2.36. The van der Waals surface area contributed by atoms with Gasteiger partial charge < -0.3 is 4.18 Å². The molecule has 0 N–H and O–H groups in total. The summed E-state index contributed by atoms with van der Waals surface area (Å²) in [7, 11) is -2.86. The van der Waals surface area contributed by atoms with Gasteiger partial charge in [0, 0.05) is 5.56 Å². The van der Waals surface area contributed by atoms with Gasteiger partial charge >= 0.3 is 0 Å². The normalized spacial score (nSPS) is 10.9. The molecule has 4 heteroatoms. The van der Waals surface area contributed by atoms with Gasteiger partial charge in [-0.3, -0.25) is 0 Å². The summed E-state index contributed by atoms with van der Waals surface area (Å²) in [5.74, 6) is 0.410. The molecule has 0 unspecified atom stereocenters. The van der Waals surface area contributed by atoms with Crippen molar-refractivity contribution in [3.8, 4) is 5.75 Å². The second-order valence-electron chi connectivity index (χ2n) is 3.68. The van der Waals surface area contributed by atoms with E-state index in [1.54, 1.807) is 6.07 Å². The van der Waals surface area contributed by atoms with Crippen LogP contribution in [0.3, 0.4) is 0 Å². The second kappa shape index (κ2) is 4.14. The maximum absolute atomic E-state index is 10.6. The molecule has 3 nitrogen and oxygen atoms in total. The first-order valence-corrected chi connectivity index (χ1v) is 6.00. The molecule has 0 heterocycles. The number of rotatable bonds is 2. The summed E-state index contributed by atoms with van der Waals surface area (Å²) in [4.78, 5) is 0. The third kappa shape index (κ3) is 1.88. The molecule has 0 amide bonds. The molecule has 0 aliphatic rings. The fraction of sp³-hybridized carbons (Fsp3) is 0.167. The Hall–Kier alpha value is -1.55. The first-order chi connectivity index (χ1) is 7.59. The maximum Gasteiger partial charge on any atom is 0.299 e. The van der Waals surface area contributed by atoms with Crippen molar-refractivity contribution in [1.82, 2.24) is 0 Å². The zero-order valence-corrected chi connectivity index (χ0v) is 9.95. The van der Waals surface area contributed by atoms with Gasteiger partial charge in [0.1, 0.15) is 5.75 Å². The molecule has 0 aliphatic carbocycles. The largest absolute Gasteiger partial charge is 0.384 e. The highest BCUT2D eigenvalue weighted by Crippen LogP contribution is 2.30. The van der Waals surface area contributed by atoms with Crippen LogP contribution in [0.1, 0.15) is 11.1 Å². The zero-order valence-electron chi connectivity index (χ0n) is 9.06. The van der Waals surface area contributed by atoms with Crippen molar-refractivity contribution >= 4 is 21.8 Å². The van der Waals surface area contributed by atoms with Gasteiger partial charge in [-0.05, 0) is 36.2 Å². The van der Waals surface area contributed by atoms with E-state index in [1.165, 1.54) is 0 Å². The van der Waals surface area contributed by atoms with E-state index in [1.807, 2.05) is 38.1 Å². The lowest BCUT2D eigenvalue weighted by atomic mass is 10.0. The van der Waals surface area contributed by atoms with Crippen molar-refractivity contribution in [2.75, 3.05) is 0 Å². The highest BCUT2D eigenvalue weighted by Gasteiger charge is 2.07. The van der Waals surface area contributed by atoms with Gasteiger partial charge in [0.25, 0.3) is 11.0 Å². The molecular formula is C12H12O3S. The topological polar surface area (TPSA) is 43.4 Å². The van der Waals surface area contributed by atoms with Crippen LogP contribution in [0.15, 0.2) is 30.3 Å². The molecule has 0 fully saturated rings. The van der Waals surface area contributed by atoms with Crippen LogP contribution in [-0.4, -0.2) is 8.42 Å². The van der Waals surface area contributed by atoms with Gasteiger partial charge in [0.2, 0.25) is 0 Å². The van der Waals surface area contributed by atoms with Crippen LogP contribution >= 0.6 is 0 Å². The van der Waals surface area contributed by atoms with Gasteiger partial charge in [-0.1, -0.05) is 24.3 Å². The van der Waals surface area contributed by atoms with Crippen LogP contribution < -0.4 is 4.18 Å². The molecule has 2 aromatic carbocycles. The Kier molecular flexibility index (Phi) is 2.83. The molecule has 0 saturated heterocycles. The number of hydrogen-bond acceptors (Lipinski definition) is 3. The Morgan fingerprint density at radius 1 is 1.06 bits per heavy atom. The Morgan fingerprint density at radius 3 is 2.31 bits per heavy atom. The summed E-state index contributed by atoms with van der Waals surface area (Å²) in [6.45, 7) is 3.79. The van der Waals surface area contributed by atoms with Crippen LogP contribution in [0.25, 0.3) is 10.8 Å². The number of thiol groups is 1. The average molecular weight is 236 g/mol. The van der Waals surface area contributed by atoms with E-state index in [-0.39, 0.29) is 0 Å². The molecule has 2 rings (SSSR count). The molecule has 2 aromatic rings. The number of hydrogen-bond donors (Lipinski definition) is 1. The molecule has 0 bridgehead atoms. The minimum atomic E-state index is -2.86. The van der Waals surface area contributed by atoms with Crippen LogP contribution in [0.5, 0.6) is 5.75 Å². The minimum Gasteiger partial charge on any atom is -0.384 e. The first-order valence-electron chi connectivity index (χ1n) is 4.91. The SMILES string of the molecule is Cc1cc(O[SH](=O)=O)c(C)c2ccccc12. The van der Waals surface area contributed by atoms with Crippen LogP contribution in [0.2, 0.25) is 0 Å². The number of benzene rings is 2. The van der Waals surface area contributed by atoms with Crippen LogP contribution in [0, 0.1) is 13.8 Å². The van der Waals surface area contributed by atoms with Gasteiger partial charge in [0.05, 0.1) is 0 Å². The van der Waals surface area contributed by atoms with Crippen molar-refractivity contribution in [1.29, 1.82) is 0 Å². The van der Waals surface area contributed by atoms with Gasteiger partial charge in [-0.25, -0.2) is 0 Å². The van der Waals surface area contributed by atoms with E-state index in [0.29, 0.717) is 5.75 Å². The van der Waals surface area contributed by atoms with E-state index < -0.39 is 11.0 Å². The average Bonchev–Trinajstić information content (AvgIpc) is 2.25. The molecule has 0 radical (unpaired) electrons. The van der Waals surface area contributed by atoms with Crippen molar-refractivity contribution in [3.05, 3.63) is 41.5 Å². The molecule has 0 aliphatic heterocycles. The third-order valence-electron chi connectivity index (χ3n) is 2.65. The van der Waals surface area contributed by atoms with E-state index in [4.69, 9.17) is 4.18 Å². The van der Waals surface area contributed by atoms with Crippen molar-refractivity contribution in [3.63, 3.8) is 0 Å². The molecule has 0 atom stereocenters. The van der Waals surface area contributed by atoms with Gasteiger partial charge in [-0.15, -0.1) is 0 Å². The summed E-state index contributed by atoms with van der Waals surface area (Å²) >= 11 is 0. The van der Waals surface area contributed by atoms with Crippen LogP contribution in [-0.2, 0) is 11.0 Å². The fourth-order valence-corrected chi connectivity index (χ4v) is 2.19. The molecule has 84 valence electrons. The number of aryl methyl sites for hydroxylation is 2. The van der Waals surface area contributed by atoms with E-state index in [9.17, 15) is 8.42 Å². The van der Waals surface area contributed by atoms with E-state index >= 15 is 0 Å². The summed E-state index contributed by atoms with van der Waals surface area (Å²) in [5, 5.41) is 2.14. The lowest BCUT2D eigenvalue weighted by Gasteiger charge is -2.09. The molecule has 0 aromatic heterocycles. The summed E-state index contributed by atoms with van der Waals surface area (Å²) < 4.78 is 26.0. The molecule has 16 heavy (non-hydrogen) atoms. The maximum atomic E-state index is 10.6. The Balaban J connectivity index is 2.74. The monoisotopic (exact) mass is 236 g/mol. The minimum absolute atomic E-state index is 0.410. The quantitative estimate of drug-likeness (QED) is 0.814. The summed E-state index contributed by atoms with van der Waals surface area (Å²) in [5.41, 5.74) is 1.86. The van der Waals surface area contributed by atoms with E-state index in [2.05, 4.69) is 0 Å². The Morgan fingerprint density at radius 2 is 1.69 bits per heavy atom. The lowest BCUT2D eigenvalue weighted by Crippen LogP contribution is -1.94. The van der Waals surface area contributed by atoms with Crippen molar-refractivity contribution in [2.45, 2.75) is 13.8 Å². The highest BCUT2D eigenvalue weighted by molar-refractivity contribution is 7.67. The number of fused-ring (bicyclic) bond motifs is 1. The molecular weight excluding hydrogens is 224 g/mol.